The zero-order valence-electron chi connectivity index (χ0n) is 10.4. The average molecular weight is 272 g/mol. The maximum atomic E-state index is 10.9. The highest BCUT2D eigenvalue weighted by Gasteiger charge is 2.20. The smallest absolute Gasteiger partial charge is 0.329 e. The molecule has 1 unspecified atom stereocenters. The predicted molar refractivity (Wildman–Crippen MR) is 67.5 cm³/mol. The lowest BCUT2D eigenvalue weighted by molar-refractivity contribution is -0.384. The van der Waals surface area contributed by atoms with Crippen molar-refractivity contribution in [2.45, 2.75) is 12.5 Å². The summed E-state index contributed by atoms with van der Waals surface area (Å²) in [6.07, 6.45) is 1.41. The molecule has 1 atom stereocenters. The van der Waals surface area contributed by atoms with Gasteiger partial charge in [0.2, 0.25) is 11.8 Å². The van der Waals surface area contributed by atoms with Gasteiger partial charge >= 0.3 is 5.69 Å². The van der Waals surface area contributed by atoms with Gasteiger partial charge in [0.25, 0.3) is 0 Å². The van der Waals surface area contributed by atoms with Crippen LogP contribution in [0.5, 0.6) is 0 Å². The van der Waals surface area contributed by atoms with Crippen molar-refractivity contribution in [2.24, 2.45) is 5.84 Å². The third-order valence-electron chi connectivity index (χ3n) is 2.28. The lowest BCUT2D eigenvalue weighted by Gasteiger charge is -2.17. The highest BCUT2D eigenvalue weighted by molar-refractivity contribution is 5.57. The number of hydrazine groups is 1. The Balaban J connectivity index is 2.97. The lowest BCUT2D eigenvalue weighted by Crippen LogP contribution is -2.27. The number of aromatic nitrogens is 2. The Morgan fingerprint density at radius 2 is 2.42 bits per heavy atom. The maximum absolute atomic E-state index is 10.9. The minimum Gasteiger partial charge on any atom is -0.396 e. The van der Waals surface area contributed by atoms with Gasteiger partial charge in [0.15, 0.2) is 0 Å². The second-order valence-corrected chi connectivity index (χ2v) is 3.64. The number of hydrogen-bond donors (Lipinski definition) is 4. The van der Waals surface area contributed by atoms with Crippen molar-refractivity contribution in [3.8, 4) is 0 Å². The van der Waals surface area contributed by atoms with E-state index in [1.165, 1.54) is 7.11 Å². The van der Waals surface area contributed by atoms with E-state index in [0.29, 0.717) is 6.42 Å². The second-order valence-electron chi connectivity index (χ2n) is 3.64. The molecule has 0 saturated heterocycles. The van der Waals surface area contributed by atoms with E-state index in [1.54, 1.807) is 0 Å². The van der Waals surface area contributed by atoms with Gasteiger partial charge in [-0.3, -0.25) is 15.5 Å². The number of hydrogen-bond acceptors (Lipinski definition) is 9. The molecule has 1 heterocycles. The zero-order chi connectivity index (χ0) is 14.3. The summed E-state index contributed by atoms with van der Waals surface area (Å²) in [6.45, 7) is 0.189. The van der Waals surface area contributed by atoms with E-state index in [-0.39, 0.29) is 36.7 Å². The first-order chi connectivity index (χ1) is 9.12. The molecule has 106 valence electrons. The zero-order valence-corrected chi connectivity index (χ0v) is 10.4. The third-order valence-corrected chi connectivity index (χ3v) is 2.28. The molecule has 0 aliphatic carbocycles. The van der Waals surface area contributed by atoms with Crippen molar-refractivity contribution >= 4 is 17.5 Å². The molecule has 1 aromatic heterocycles. The molecule has 0 fully saturated rings. The fourth-order valence-electron chi connectivity index (χ4n) is 1.43. The van der Waals surface area contributed by atoms with Gasteiger partial charge in [-0.05, 0) is 6.42 Å². The molecule has 0 spiro atoms. The Kier molecular flexibility index (Phi) is 5.85. The molecule has 1 rings (SSSR count). The normalized spacial score (nSPS) is 11.9. The Bertz CT molecular complexity index is 423. The summed E-state index contributed by atoms with van der Waals surface area (Å²) < 4.78 is 4.96. The van der Waals surface area contributed by atoms with Gasteiger partial charge in [-0.15, -0.1) is 0 Å². The van der Waals surface area contributed by atoms with E-state index >= 15 is 0 Å². The van der Waals surface area contributed by atoms with Gasteiger partial charge in [0, 0.05) is 13.7 Å². The first-order valence-corrected chi connectivity index (χ1v) is 5.46. The van der Waals surface area contributed by atoms with Gasteiger partial charge < -0.3 is 15.2 Å². The number of aliphatic hydroxyl groups excluding tert-OH is 1. The van der Waals surface area contributed by atoms with Crippen LogP contribution in [0, 0.1) is 10.1 Å². The van der Waals surface area contributed by atoms with Crippen molar-refractivity contribution in [3.05, 3.63) is 16.3 Å². The van der Waals surface area contributed by atoms with Gasteiger partial charge in [-0.1, -0.05) is 0 Å². The quantitative estimate of drug-likeness (QED) is 0.278. The highest BCUT2D eigenvalue weighted by Crippen LogP contribution is 2.22. The largest absolute Gasteiger partial charge is 0.396 e. The summed E-state index contributed by atoms with van der Waals surface area (Å²) in [6, 6.07) is -0.311. The number of ether oxygens (including phenoxy) is 1. The number of nitrogens with two attached hydrogens (primary N) is 1. The lowest BCUT2D eigenvalue weighted by atomic mass is 10.2. The molecule has 10 heteroatoms. The molecule has 0 saturated carbocycles. The van der Waals surface area contributed by atoms with Crippen LogP contribution in [0.2, 0.25) is 0 Å². The monoisotopic (exact) mass is 272 g/mol. The van der Waals surface area contributed by atoms with Crippen LogP contribution in [0.3, 0.4) is 0 Å². The summed E-state index contributed by atoms with van der Waals surface area (Å²) in [4.78, 5) is 17.8. The van der Waals surface area contributed by atoms with Gasteiger partial charge in [0.1, 0.15) is 6.20 Å². The van der Waals surface area contributed by atoms with E-state index in [1.807, 2.05) is 0 Å². The molecule has 0 radical (unpaired) electrons. The maximum Gasteiger partial charge on any atom is 0.329 e. The van der Waals surface area contributed by atoms with Gasteiger partial charge in [-0.25, -0.2) is 10.8 Å². The fourth-order valence-corrected chi connectivity index (χ4v) is 1.43. The first-order valence-electron chi connectivity index (χ1n) is 5.46. The average Bonchev–Trinajstić information content (AvgIpc) is 2.38. The number of nitro groups is 1. The van der Waals surface area contributed by atoms with Crippen molar-refractivity contribution < 1.29 is 14.8 Å². The predicted octanol–water partition coefficient (Wildman–Crippen LogP) is -0.520. The molecule has 0 aliphatic heterocycles. The summed E-state index contributed by atoms with van der Waals surface area (Å²) in [5, 5.41) is 22.6. The van der Waals surface area contributed by atoms with Crippen LogP contribution in [0.15, 0.2) is 6.20 Å². The minimum atomic E-state index is -0.606. The molecule has 0 aromatic carbocycles. The van der Waals surface area contributed by atoms with Crippen molar-refractivity contribution in [3.63, 3.8) is 0 Å². The van der Waals surface area contributed by atoms with Crippen molar-refractivity contribution in [1.82, 2.24) is 9.97 Å². The number of nitrogens with one attached hydrogen (secondary N) is 2. The molecule has 0 amide bonds. The molecule has 19 heavy (non-hydrogen) atoms. The van der Waals surface area contributed by atoms with E-state index in [4.69, 9.17) is 15.7 Å². The Morgan fingerprint density at radius 1 is 1.68 bits per heavy atom. The molecule has 5 N–H and O–H groups in total. The number of aliphatic hydroxyl groups is 1. The third kappa shape index (κ3) is 4.28. The number of nitrogens with zero attached hydrogens (tertiary/aromatic N) is 3. The number of nitrogen functional groups attached to an aromatic ring is 1. The Hall–Kier alpha value is -2.04. The van der Waals surface area contributed by atoms with Crippen LogP contribution < -0.4 is 16.6 Å². The molecule has 1 aromatic rings. The van der Waals surface area contributed by atoms with Crippen LogP contribution in [0.1, 0.15) is 6.42 Å². The van der Waals surface area contributed by atoms with E-state index in [2.05, 4.69) is 20.7 Å². The van der Waals surface area contributed by atoms with Crippen molar-refractivity contribution in [2.75, 3.05) is 31.1 Å². The minimum absolute atomic E-state index is 0.0171. The van der Waals surface area contributed by atoms with Crippen LogP contribution in [-0.2, 0) is 4.74 Å². The SMILES string of the molecule is COCC(CCO)Nc1nc(NN)ncc1[N+](=O)[O-]. The Morgan fingerprint density at radius 3 is 2.95 bits per heavy atom. The summed E-state index contributed by atoms with van der Waals surface area (Å²) in [5.41, 5.74) is 1.93. The molecular weight excluding hydrogens is 256 g/mol. The fraction of sp³-hybridized carbons (Fsp3) is 0.556. The van der Waals surface area contributed by atoms with Gasteiger partial charge in [-0.2, -0.15) is 4.98 Å². The summed E-state index contributed by atoms with van der Waals surface area (Å²) in [5.74, 6) is 5.22. The van der Waals surface area contributed by atoms with Crippen LogP contribution in [0.4, 0.5) is 17.5 Å². The second kappa shape index (κ2) is 7.41. The van der Waals surface area contributed by atoms with Gasteiger partial charge in [0.05, 0.1) is 17.6 Å². The number of rotatable bonds is 8. The molecular formula is C9H16N6O4. The van der Waals surface area contributed by atoms with Crippen LogP contribution in [0.25, 0.3) is 0 Å². The number of anilines is 2. The summed E-state index contributed by atoms with van der Waals surface area (Å²) >= 11 is 0. The van der Waals surface area contributed by atoms with Crippen molar-refractivity contribution in [1.29, 1.82) is 0 Å². The van der Waals surface area contributed by atoms with E-state index in [9.17, 15) is 10.1 Å². The molecule has 10 nitrogen and oxygen atoms in total. The first kappa shape index (κ1) is 15.0. The van der Waals surface area contributed by atoms with Crippen LogP contribution >= 0.6 is 0 Å². The topological polar surface area (TPSA) is 148 Å². The molecule has 0 bridgehead atoms. The standard InChI is InChI=1S/C9H16N6O4/c1-19-5-6(2-3-16)12-8-7(15(17)18)4-11-9(13-8)14-10/h4,6,16H,2-3,5,10H2,1H3,(H2,11,12,13,14). The van der Waals surface area contributed by atoms with E-state index < -0.39 is 4.92 Å². The number of methoxy groups -OCH3 is 1. The van der Waals surface area contributed by atoms with E-state index in [0.717, 1.165) is 6.20 Å². The summed E-state index contributed by atoms with van der Waals surface area (Å²) in [7, 11) is 1.49. The van der Waals surface area contributed by atoms with Crippen LogP contribution in [-0.4, -0.2) is 46.4 Å². The highest BCUT2D eigenvalue weighted by atomic mass is 16.6. The molecule has 0 aliphatic rings. The Labute approximate surface area is 109 Å².